The van der Waals surface area contributed by atoms with Crippen LogP contribution in [0.1, 0.15) is 69.6 Å². The predicted molar refractivity (Wildman–Crippen MR) is 104 cm³/mol. The highest BCUT2D eigenvalue weighted by Crippen LogP contribution is 2.36. The predicted octanol–water partition coefficient (Wildman–Crippen LogP) is 6.21. The summed E-state index contributed by atoms with van der Waals surface area (Å²) >= 11 is 0. The number of aromatic nitrogens is 2. The summed E-state index contributed by atoms with van der Waals surface area (Å²) in [6.07, 6.45) is 2.17. The van der Waals surface area contributed by atoms with Crippen molar-refractivity contribution in [2.75, 3.05) is 0 Å². The Bertz CT molecular complexity index is 884. The number of rotatable bonds is 2. The molecule has 0 saturated carbocycles. The van der Waals surface area contributed by atoms with Crippen molar-refractivity contribution in [3.63, 3.8) is 0 Å². The molecule has 4 rings (SSSR count). The molecular formula is C22H28N2. The van der Waals surface area contributed by atoms with Crippen molar-refractivity contribution in [1.82, 2.24) is 9.97 Å². The van der Waals surface area contributed by atoms with Gasteiger partial charge in [0.2, 0.25) is 0 Å². The highest BCUT2D eigenvalue weighted by molar-refractivity contribution is 5.90. The zero-order chi connectivity index (χ0) is 16.1. The first-order chi connectivity index (χ1) is 11.0. The molecule has 0 unspecified atom stereocenters. The lowest BCUT2D eigenvalue weighted by Gasteiger charge is -2.17. The van der Waals surface area contributed by atoms with Gasteiger partial charge in [0.05, 0.1) is 5.69 Å². The van der Waals surface area contributed by atoms with Crippen LogP contribution in [0.15, 0.2) is 30.3 Å². The molecule has 126 valence electrons. The summed E-state index contributed by atoms with van der Waals surface area (Å²) in [5.41, 5.74) is 6.65. The number of aromatic amines is 1. The number of benzene rings is 2. The van der Waals surface area contributed by atoms with E-state index in [-0.39, 0.29) is 7.43 Å². The highest BCUT2D eigenvalue weighted by atomic mass is 14.9. The van der Waals surface area contributed by atoms with Crippen LogP contribution in [0.5, 0.6) is 0 Å². The summed E-state index contributed by atoms with van der Waals surface area (Å²) in [6.45, 7) is 8.89. The monoisotopic (exact) mass is 320 g/mol. The number of hydrogen-bond acceptors (Lipinski definition) is 1. The number of nitrogens with zero attached hydrogens (tertiary/aromatic N) is 1. The number of H-pyrrole nitrogens is 1. The Kier molecular flexibility index (Phi) is 4.25. The Labute approximate surface area is 145 Å². The zero-order valence-electron chi connectivity index (χ0n) is 14.4. The van der Waals surface area contributed by atoms with E-state index in [1.165, 1.54) is 38.9 Å². The summed E-state index contributed by atoms with van der Waals surface area (Å²) < 4.78 is 0. The van der Waals surface area contributed by atoms with E-state index in [9.17, 15) is 0 Å². The molecule has 0 aliphatic heterocycles. The molecular weight excluding hydrogens is 292 g/mol. The zero-order valence-corrected chi connectivity index (χ0v) is 14.4. The van der Waals surface area contributed by atoms with Crippen molar-refractivity contribution < 1.29 is 0 Å². The summed E-state index contributed by atoms with van der Waals surface area (Å²) in [7, 11) is 0. The first-order valence-corrected chi connectivity index (χ1v) is 8.68. The van der Waals surface area contributed by atoms with E-state index in [4.69, 9.17) is 4.98 Å². The standard InChI is InChI=1S/C21H24N2.CH4/c1-12(2)14-5-6-15-11-18-16(10-17(15)9-14)7-8-19-20(18)23-21(22-19)13(3)4;/h5-6,9-13H,7-8H2,1-4H3,(H,22,23);1H4. The van der Waals surface area contributed by atoms with Crippen LogP contribution in [-0.4, -0.2) is 9.97 Å². The molecule has 1 aliphatic rings. The normalized spacial score (nSPS) is 13.1. The lowest BCUT2D eigenvalue weighted by atomic mass is 9.89. The Morgan fingerprint density at radius 3 is 2.42 bits per heavy atom. The highest BCUT2D eigenvalue weighted by Gasteiger charge is 2.21. The first kappa shape index (κ1) is 16.8. The largest absolute Gasteiger partial charge is 0.345 e. The van der Waals surface area contributed by atoms with Crippen molar-refractivity contribution in [3.05, 3.63) is 53.0 Å². The number of aryl methyl sites for hydroxylation is 2. The summed E-state index contributed by atoms with van der Waals surface area (Å²) in [5.74, 6) is 2.12. The lowest BCUT2D eigenvalue weighted by molar-refractivity contribution is 0.787. The van der Waals surface area contributed by atoms with Crippen LogP contribution in [-0.2, 0) is 12.8 Å². The van der Waals surface area contributed by atoms with Crippen LogP contribution in [0.25, 0.3) is 22.0 Å². The van der Waals surface area contributed by atoms with E-state index in [0.29, 0.717) is 11.8 Å². The number of imidazole rings is 1. The van der Waals surface area contributed by atoms with Crippen LogP contribution in [0, 0.1) is 0 Å². The molecule has 0 radical (unpaired) electrons. The second kappa shape index (κ2) is 6.08. The molecule has 0 bridgehead atoms. The van der Waals surface area contributed by atoms with Gasteiger partial charge >= 0.3 is 0 Å². The fraction of sp³-hybridized carbons (Fsp3) is 0.409. The first-order valence-electron chi connectivity index (χ1n) is 8.68. The van der Waals surface area contributed by atoms with Crippen molar-refractivity contribution in [2.24, 2.45) is 0 Å². The molecule has 2 heteroatoms. The molecule has 2 aromatic carbocycles. The Balaban J connectivity index is 0.00000169. The third kappa shape index (κ3) is 2.64. The molecule has 0 spiro atoms. The van der Waals surface area contributed by atoms with Gasteiger partial charge in [0.15, 0.2) is 0 Å². The molecule has 1 N–H and O–H groups in total. The summed E-state index contributed by atoms with van der Waals surface area (Å²) in [5, 5.41) is 2.67. The van der Waals surface area contributed by atoms with Crippen molar-refractivity contribution in [3.8, 4) is 11.3 Å². The minimum Gasteiger partial charge on any atom is -0.345 e. The van der Waals surface area contributed by atoms with E-state index in [1.807, 2.05) is 0 Å². The molecule has 24 heavy (non-hydrogen) atoms. The average Bonchev–Trinajstić information content (AvgIpc) is 2.97. The van der Waals surface area contributed by atoms with Gasteiger partial charge in [-0.1, -0.05) is 59.4 Å². The number of hydrogen-bond donors (Lipinski definition) is 1. The van der Waals surface area contributed by atoms with Gasteiger partial charge < -0.3 is 4.98 Å². The van der Waals surface area contributed by atoms with Gasteiger partial charge in [-0.2, -0.15) is 0 Å². The van der Waals surface area contributed by atoms with Crippen LogP contribution in [0.2, 0.25) is 0 Å². The van der Waals surface area contributed by atoms with E-state index >= 15 is 0 Å². The number of nitrogens with one attached hydrogen (secondary N) is 1. The van der Waals surface area contributed by atoms with Crippen LogP contribution < -0.4 is 0 Å². The third-order valence-electron chi connectivity index (χ3n) is 5.00. The maximum Gasteiger partial charge on any atom is 0.109 e. The quantitative estimate of drug-likeness (QED) is 0.597. The maximum absolute atomic E-state index is 4.89. The molecule has 0 atom stereocenters. The van der Waals surface area contributed by atoms with Crippen LogP contribution in [0.4, 0.5) is 0 Å². The minimum absolute atomic E-state index is 0. The van der Waals surface area contributed by atoms with Crippen LogP contribution in [0.3, 0.4) is 0 Å². The second-order valence-electron chi connectivity index (χ2n) is 7.37. The number of fused-ring (bicyclic) bond motifs is 4. The maximum atomic E-state index is 4.89. The molecule has 2 nitrogen and oxygen atoms in total. The molecule has 3 aromatic rings. The smallest absolute Gasteiger partial charge is 0.109 e. The van der Waals surface area contributed by atoms with Gasteiger partial charge in [-0.25, -0.2) is 4.98 Å². The van der Waals surface area contributed by atoms with E-state index in [1.54, 1.807) is 0 Å². The Hall–Kier alpha value is -2.09. The SMILES string of the molecule is C.CC(C)c1ccc2cc3c(cc2c1)CCc1[nH]c(C(C)C)nc1-3. The van der Waals surface area contributed by atoms with Gasteiger partial charge in [0, 0.05) is 17.2 Å². The fourth-order valence-corrected chi connectivity index (χ4v) is 3.52. The average molecular weight is 320 g/mol. The molecule has 1 heterocycles. The Morgan fingerprint density at radius 1 is 0.917 bits per heavy atom. The van der Waals surface area contributed by atoms with Gasteiger partial charge in [-0.15, -0.1) is 0 Å². The van der Waals surface area contributed by atoms with Crippen molar-refractivity contribution >= 4 is 10.8 Å². The van der Waals surface area contributed by atoms with Gasteiger partial charge in [-0.3, -0.25) is 0 Å². The molecule has 0 amide bonds. The van der Waals surface area contributed by atoms with E-state index in [2.05, 4.69) is 63.0 Å². The van der Waals surface area contributed by atoms with Crippen molar-refractivity contribution in [1.29, 1.82) is 0 Å². The van der Waals surface area contributed by atoms with Gasteiger partial charge in [-0.05, 0) is 46.7 Å². The molecule has 0 saturated heterocycles. The van der Waals surface area contributed by atoms with E-state index in [0.717, 1.165) is 18.7 Å². The molecule has 1 aliphatic carbocycles. The summed E-state index contributed by atoms with van der Waals surface area (Å²) in [6, 6.07) is 11.6. The van der Waals surface area contributed by atoms with Gasteiger partial charge in [0.1, 0.15) is 5.82 Å². The van der Waals surface area contributed by atoms with E-state index < -0.39 is 0 Å². The topological polar surface area (TPSA) is 28.7 Å². The Morgan fingerprint density at radius 2 is 1.71 bits per heavy atom. The summed E-state index contributed by atoms with van der Waals surface area (Å²) in [4.78, 5) is 8.42. The third-order valence-corrected chi connectivity index (χ3v) is 5.00. The van der Waals surface area contributed by atoms with Crippen LogP contribution >= 0.6 is 0 Å². The lowest BCUT2D eigenvalue weighted by Crippen LogP contribution is -2.03. The fourth-order valence-electron chi connectivity index (χ4n) is 3.52. The van der Waals surface area contributed by atoms with Crippen molar-refractivity contribution in [2.45, 2.75) is 59.8 Å². The molecule has 0 fully saturated rings. The second-order valence-corrected chi connectivity index (χ2v) is 7.37. The molecule has 1 aromatic heterocycles. The van der Waals surface area contributed by atoms with Gasteiger partial charge in [0.25, 0.3) is 0 Å². The minimum atomic E-state index is 0.